The van der Waals surface area contributed by atoms with Crippen LogP contribution in [0.15, 0.2) is 12.3 Å². The minimum absolute atomic E-state index is 0.00722. The number of ether oxygens (including phenoxy) is 1. The van der Waals surface area contributed by atoms with Crippen molar-refractivity contribution in [2.45, 2.75) is 0 Å². The number of nitrogen functional groups attached to an aromatic ring is 1. The number of anilines is 1. The number of halogens is 3. The molecule has 4 nitrogen and oxygen atoms in total. The van der Waals surface area contributed by atoms with E-state index in [1.165, 1.54) is 0 Å². The summed E-state index contributed by atoms with van der Waals surface area (Å²) in [6, 6.07) is 0.411. The monoisotopic (exact) mass is 243 g/mol. The first kappa shape index (κ1) is 11.3. The Bertz CT molecular complexity index is 568. The molecule has 0 aliphatic rings. The molecule has 1 aromatic heterocycles. The van der Waals surface area contributed by atoms with Crippen LogP contribution in [0.2, 0.25) is 0 Å². The number of nitrogens with zero attached hydrogens (tertiary/aromatic N) is 1. The van der Waals surface area contributed by atoms with Gasteiger partial charge in [0.15, 0.2) is 23.2 Å². The molecule has 90 valence electrons. The Morgan fingerprint density at radius 1 is 1.29 bits per heavy atom. The fourth-order valence-electron chi connectivity index (χ4n) is 1.51. The van der Waals surface area contributed by atoms with Gasteiger partial charge in [0.1, 0.15) is 5.82 Å². The normalized spacial score (nSPS) is 10.6. The Morgan fingerprint density at radius 2 is 2.00 bits per heavy atom. The van der Waals surface area contributed by atoms with E-state index in [9.17, 15) is 13.2 Å². The Kier molecular flexibility index (Phi) is 2.66. The zero-order valence-corrected chi connectivity index (χ0v) is 8.72. The van der Waals surface area contributed by atoms with E-state index in [0.717, 1.165) is 13.3 Å². The summed E-state index contributed by atoms with van der Waals surface area (Å²) in [6.07, 6.45) is 1.16. The predicted octanol–water partition coefficient (Wildman–Crippen LogP) is 2.08. The summed E-state index contributed by atoms with van der Waals surface area (Å²) in [5, 5.41) is 5.90. The third kappa shape index (κ3) is 1.69. The summed E-state index contributed by atoms with van der Waals surface area (Å²) in [5.74, 6) is -4.00. The van der Waals surface area contributed by atoms with Crippen molar-refractivity contribution in [3.05, 3.63) is 29.7 Å². The van der Waals surface area contributed by atoms with E-state index in [0.29, 0.717) is 6.07 Å². The second kappa shape index (κ2) is 4.00. The van der Waals surface area contributed by atoms with Crippen LogP contribution in [-0.2, 0) is 0 Å². The number of H-pyrrole nitrogens is 1. The van der Waals surface area contributed by atoms with Gasteiger partial charge in [0, 0.05) is 6.07 Å². The first-order valence-corrected chi connectivity index (χ1v) is 4.57. The minimum Gasteiger partial charge on any atom is -0.493 e. The van der Waals surface area contributed by atoms with Crippen molar-refractivity contribution in [1.82, 2.24) is 10.2 Å². The molecule has 0 unspecified atom stereocenters. The largest absolute Gasteiger partial charge is 0.493 e. The lowest BCUT2D eigenvalue weighted by Gasteiger charge is -2.10. The first-order chi connectivity index (χ1) is 8.06. The fraction of sp³-hybridized carbons (Fsp3) is 0.100. The molecule has 0 aliphatic carbocycles. The lowest BCUT2D eigenvalue weighted by atomic mass is 10.1. The van der Waals surface area contributed by atoms with Crippen LogP contribution in [0.1, 0.15) is 0 Å². The number of methoxy groups -OCH3 is 1. The van der Waals surface area contributed by atoms with Crippen LogP contribution in [0.4, 0.5) is 19.0 Å². The minimum atomic E-state index is -1.32. The Labute approximate surface area is 94.2 Å². The number of hydrogen-bond acceptors (Lipinski definition) is 3. The maximum Gasteiger partial charge on any atom is 0.170 e. The number of benzene rings is 1. The highest BCUT2D eigenvalue weighted by molar-refractivity contribution is 5.78. The lowest BCUT2D eigenvalue weighted by molar-refractivity contribution is 0.379. The predicted molar refractivity (Wildman–Crippen MR) is 54.9 cm³/mol. The van der Waals surface area contributed by atoms with E-state index >= 15 is 0 Å². The summed E-state index contributed by atoms with van der Waals surface area (Å²) in [4.78, 5) is 0. The standard InChI is InChI=1S/C10H8F3N3O/c1-17-9-6(12)2-5(11)8(13)7(9)4-3-15-16-10(4)14/h2-3H,1H3,(H3,14,15,16). The van der Waals surface area contributed by atoms with Gasteiger partial charge in [0.2, 0.25) is 0 Å². The fourth-order valence-corrected chi connectivity index (χ4v) is 1.51. The topological polar surface area (TPSA) is 63.9 Å². The number of aromatic nitrogens is 2. The van der Waals surface area contributed by atoms with E-state index in [1.54, 1.807) is 0 Å². The summed E-state index contributed by atoms with van der Waals surface area (Å²) in [7, 11) is 1.15. The molecule has 0 spiro atoms. The second-order valence-corrected chi connectivity index (χ2v) is 3.26. The smallest absolute Gasteiger partial charge is 0.170 e. The lowest BCUT2D eigenvalue weighted by Crippen LogP contribution is -2.00. The Balaban J connectivity index is 2.80. The number of nitrogens with one attached hydrogen (secondary N) is 1. The van der Waals surface area contributed by atoms with Crippen molar-refractivity contribution in [2.24, 2.45) is 0 Å². The molecule has 0 saturated heterocycles. The van der Waals surface area contributed by atoms with E-state index in [2.05, 4.69) is 10.2 Å². The second-order valence-electron chi connectivity index (χ2n) is 3.26. The van der Waals surface area contributed by atoms with E-state index in [-0.39, 0.29) is 11.4 Å². The third-order valence-corrected chi connectivity index (χ3v) is 2.27. The molecule has 2 aromatic rings. The zero-order chi connectivity index (χ0) is 12.6. The SMILES string of the molecule is COc1c(F)cc(F)c(F)c1-c1cn[nH]c1N. The number of hydrogen-bond donors (Lipinski definition) is 2. The van der Waals surface area contributed by atoms with Gasteiger partial charge in [-0.2, -0.15) is 5.10 Å². The number of rotatable bonds is 2. The van der Waals surface area contributed by atoms with Gasteiger partial charge in [0.05, 0.1) is 24.4 Å². The molecule has 0 aliphatic heterocycles. The van der Waals surface area contributed by atoms with E-state index < -0.39 is 28.8 Å². The molecule has 0 amide bonds. The molecular weight excluding hydrogens is 235 g/mol. The number of aromatic amines is 1. The molecule has 7 heteroatoms. The van der Waals surface area contributed by atoms with Crippen LogP contribution in [-0.4, -0.2) is 17.3 Å². The third-order valence-electron chi connectivity index (χ3n) is 2.27. The van der Waals surface area contributed by atoms with Crippen molar-refractivity contribution in [3.8, 4) is 16.9 Å². The zero-order valence-electron chi connectivity index (χ0n) is 8.72. The molecule has 0 fully saturated rings. The molecule has 3 N–H and O–H groups in total. The summed E-state index contributed by atoms with van der Waals surface area (Å²) >= 11 is 0. The van der Waals surface area contributed by atoms with Gasteiger partial charge < -0.3 is 10.5 Å². The van der Waals surface area contributed by atoms with Crippen LogP contribution in [0.25, 0.3) is 11.1 Å². The molecule has 1 heterocycles. The van der Waals surface area contributed by atoms with Crippen molar-refractivity contribution in [2.75, 3.05) is 12.8 Å². The van der Waals surface area contributed by atoms with Gasteiger partial charge in [0.25, 0.3) is 0 Å². The highest BCUT2D eigenvalue weighted by Gasteiger charge is 2.23. The molecule has 1 aromatic carbocycles. The Hall–Kier alpha value is -2.18. The van der Waals surface area contributed by atoms with Crippen molar-refractivity contribution in [3.63, 3.8) is 0 Å². The average Bonchev–Trinajstić information content (AvgIpc) is 2.69. The molecule has 0 radical (unpaired) electrons. The molecule has 0 saturated carbocycles. The highest BCUT2D eigenvalue weighted by atomic mass is 19.2. The maximum absolute atomic E-state index is 13.7. The summed E-state index contributed by atoms with van der Waals surface area (Å²) in [5.41, 5.74) is 5.13. The van der Waals surface area contributed by atoms with Crippen molar-refractivity contribution < 1.29 is 17.9 Å². The van der Waals surface area contributed by atoms with Crippen molar-refractivity contribution >= 4 is 5.82 Å². The quantitative estimate of drug-likeness (QED) is 0.794. The van der Waals surface area contributed by atoms with Crippen LogP contribution < -0.4 is 10.5 Å². The van der Waals surface area contributed by atoms with Crippen molar-refractivity contribution in [1.29, 1.82) is 0 Å². The van der Waals surface area contributed by atoms with Gasteiger partial charge in [-0.1, -0.05) is 0 Å². The van der Waals surface area contributed by atoms with Crippen LogP contribution >= 0.6 is 0 Å². The van der Waals surface area contributed by atoms with Gasteiger partial charge in [-0.25, -0.2) is 13.2 Å². The number of nitrogens with two attached hydrogens (primary N) is 1. The highest BCUT2D eigenvalue weighted by Crippen LogP contribution is 2.37. The van der Waals surface area contributed by atoms with E-state index in [1.807, 2.05) is 0 Å². The summed E-state index contributed by atoms with van der Waals surface area (Å²) in [6.45, 7) is 0. The molecular formula is C10H8F3N3O. The first-order valence-electron chi connectivity index (χ1n) is 4.57. The van der Waals surface area contributed by atoms with Gasteiger partial charge in [-0.15, -0.1) is 0 Å². The molecule has 0 bridgehead atoms. The molecule has 0 atom stereocenters. The average molecular weight is 243 g/mol. The van der Waals surface area contributed by atoms with Gasteiger partial charge >= 0.3 is 0 Å². The van der Waals surface area contributed by atoms with Crippen LogP contribution in [0.3, 0.4) is 0 Å². The van der Waals surface area contributed by atoms with Crippen LogP contribution in [0, 0.1) is 17.5 Å². The van der Waals surface area contributed by atoms with Gasteiger partial charge in [-0.05, 0) is 0 Å². The molecule has 2 rings (SSSR count). The summed E-state index contributed by atoms with van der Waals surface area (Å²) < 4.78 is 44.9. The van der Waals surface area contributed by atoms with Crippen LogP contribution in [0.5, 0.6) is 5.75 Å². The van der Waals surface area contributed by atoms with Gasteiger partial charge in [-0.3, -0.25) is 5.10 Å². The Morgan fingerprint density at radius 3 is 2.53 bits per heavy atom. The maximum atomic E-state index is 13.7. The van der Waals surface area contributed by atoms with E-state index in [4.69, 9.17) is 10.5 Å². The molecule has 17 heavy (non-hydrogen) atoms.